The molecule has 0 unspecified atom stereocenters. The summed E-state index contributed by atoms with van der Waals surface area (Å²) in [6, 6.07) is 2.64. The number of rotatable bonds is 20. The Morgan fingerprint density at radius 2 is 1.71 bits per heavy atom. The molecule has 1 aliphatic heterocycles. The Bertz CT molecular complexity index is 1730. The second kappa shape index (κ2) is 20.9. The lowest BCUT2D eigenvalue weighted by Gasteiger charge is -2.35. The monoisotopic (exact) mass is 763 g/mol. The van der Waals surface area contributed by atoms with Crippen molar-refractivity contribution in [3.05, 3.63) is 85.5 Å². The van der Waals surface area contributed by atoms with Crippen LogP contribution in [0, 0.1) is 5.92 Å². The molecule has 0 spiro atoms. The molecule has 296 valence electrons. The third kappa shape index (κ3) is 13.0. The number of benzene rings is 1. The van der Waals surface area contributed by atoms with E-state index in [-0.39, 0.29) is 42.5 Å². The number of nitrogens with one attached hydrogen (secondary N) is 6. The van der Waals surface area contributed by atoms with E-state index >= 15 is 0 Å². The van der Waals surface area contributed by atoms with Gasteiger partial charge < -0.3 is 42.0 Å². The van der Waals surface area contributed by atoms with Gasteiger partial charge in [-0.25, -0.2) is 10.5 Å². The zero-order valence-corrected chi connectivity index (χ0v) is 30.9. The summed E-state index contributed by atoms with van der Waals surface area (Å²) in [5.41, 5.74) is 8.89. The van der Waals surface area contributed by atoms with E-state index in [4.69, 9.17) is 10.6 Å². The van der Waals surface area contributed by atoms with Gasteiger partial charge in [0.1, 0.15) is 36.3 Å². The van der Waals surface area contributed by atoms with Crippen molar-refractivity contribution in [2.75, 3.05) is 13.2 Å². The quantitative estimate of drug-likeness (QED) is 0.0597. The first-order chi connectivity index (χ1) is 26.1. The molecule has 1 aromatic carbocycles. The number of aromatic nitrogens is 2. The average molecular weight is 764 g/mol. The Morgan fingerprint density at radius 3 is 2.29 bits per heavy atom. The molecule has 0 aliphatic carbocycles. The predicted octanol–water partition coefficient (Wildman–Crippen LogP) is -1.09. The lowest BCUT2D eigenvalue weighted by molar-refractivity contribution is -0.145. The van der Waals surface area contributed by atoms with E-state index in [2.05, 4.69) is 49.9 Å². The highest BCUT2D eigenvalue weighted by molar-refractivity contribution is 6.02. The molecule has 1 aliphatic rings. The molecule has 6 atom stereocenters. The molecule has 18 heteroatoms. The highest BCUT2D eigenvalue weighted by atomic mass is 16.7. The fraction of sp³-hybridized carbons (Fsp3) is 0.405. The Labute approximate surface area is 318 Å². The first-order valence-electron chi connectivity index (χ1n) is 17.5. The molecule has 0 saturated heterocycles. The molecular weight excluding hydrogens is 714 g/mol. The minimum atomic E-state index is -1.58. The molecule has 18 nitrogen and oxygen atoms in total. The van der Waals surface area contributed by atoms with E-state index in [1.165, 1.54) is 36.5 Å². The van der Waals surface area contributed by atoms with Crippen LogP contribution in [0.5, 0.6) is 0 Å². The molecule has 7 amide bonds. The van der Waals surface area contributed by atoms with Gasteiger partial charge in [-0.1, -0.05) is 69.0 Å². The standard InChI is InChI=1S/C37H49N9O9/c1-6-26(33(38)50)41-35(52)29(19-47)43-37(54)32(22(4)28-17-39-20-40-28)44-34(51)27(16-21(2)3)42-36(53)30-14-13-25(18-46(30)23(5)48)55-45-31(49)15-12-24-10-8-7-9-11-24/h6-11,13-14,17,20-21,25-27,29-30,32,47H,1,4,12,15-16,18-19H2,2-3,5H3,(H2,38,50)(H,39,40)(H,41,52)(H,42,53)(H,43,54)(H,44,51)(H,45,49)/t25-,26+,27+,29+,30+,32+/m1/s1. The fourth-order valence-electron chi connectivity index (χ4n) is 5.48. The van der Waals surface area contributed by atoms with Crippen LogP contribution in [0.3, 0.4) is 0 Å². The second-order valence-corrected chi connectivity index (χ2v) is 13.2. The number of aliphatic hydroxyl groups excluding tert-OH is 1. The highest BCUT2D eigenvalue weighted by Gasteiger charge is 2.36. The SMILES string of the molecule is C=C[C@H](NC(=O)[C@H](CO)NC(=O)[C@@H](NC(=O)[C@H](CC(C)C)NC(=O)[C@@H]1C=C[C@@H](ONC(=O)CCc2ccccc2)CN1C(C)=O)C(=C)c1cnc[nH]1)C(N)=O. The van der Waals surface area contributed by atoms with Crippen molar-refractivity contribution in [1.29, 1.82) is 0 Å². The highest BCUT2D eigenvalue weighted by Crippen LogP contribution is 2.17. The van der Waals surface area contributed by atoms with Gasteiger partial charge in [0.15, 0.2) is 0 Å². The molecule has 0 fully saturated rings. The maximum absolute atomic E-state index is 13.9. The Hall–Kier alpha value is -6.14. The summed E-state index contributed by atoms with van der Waals surface area (Å²) in [5.74, 6) is -5.34. The number of aliphatic hydroxyl groups is 1. The lowest BCUT2D eigenvalue weighted by atomic mass is 9.99. The van der Waals surface area contributed by atoms with Gasteiger partial charge in [0.2, 0.25) is 41.4 Å². The van der Waals surface area contributed by atoms with Crippen molar-refractivity contribution in [3.8, 4) is 0 Å². The number of H-pyrrole nitrogens is 1. The fourth-order valence-corrected chi connectivity index (χ4v) is 5.48. The molecule has 2 heterocycles. The number of hydrogen-bond donors (Lipinski definition) is 8. The molecule has 1 aromatic heterocycles. The van der Waals surface area contributed by atoms with Gasteiger partial charge in [0.25, 0.3) is 0 Å². The number of imidazole rings is 1. The van der Waals surface area contributed by atoms with Crippen LogP contribution >= 0.6 is 0 Å². The van der Waals surface area contributed by atoms with Crippen LogP contribution in [0.4, 0.5) is 0 Å². The summed E-state index contributed by atoms with van der Waals surface area (Å²) >= 11 is 0. The van der Waals surface area contributed by atoms with Crippen LogP contribution in [0.15, 0.2) is 74.2 Å². The number of hydrogen-bond acceptors (Lipinski definition) is 10. The van der Waals surface area contributed by atoms with E-state index in [0.717, 1.165) is 11.6 Å². The van der Waals surface area contributed by atoms with Crippen LogP contribution in [-0.4, -0.2) is 111 Å². The average Bonchev–Trinajstić information content (AvgIpc) is 3.71. The van der Waals surface area contributed by atoms with E-state index in [1.54, 1.807) is 0 Å². The number of carbonyl (C=O) groups is 7. The number of aromatic amines is 1. The normalized spacial score (nSPS) is 17.1. The Balaban J connectivity index is 1.74. The largest absolute Gasteiger partial charge is 0.394 e. The lowest BCUT2D eigenvalue weighted by Crippen LogP contribution is -2.60. The summed E-state index contributed by atoms with van der Waals surface area (Å²) in [7, 11) is 0. The zero-order valence-electron chi connectivity index (χ0n) is 30.9. The van der Waals surface area contributed by atoms with Crippen LogP contribution in [0.1, 0.15) is 44.9 Å². The van der Waals surface area contributed by atoms with Crippen LogP contribution in [-0.2, 0) is 44.8 Å². The number of aryl methyl sites for hydroxylation is 1. The summed E-state index contributed by atoms with van der Waals surface area (Å²) in [6.07, 6.45) is 6.71. The minimum Gasteiger partial charge on any atom is -0.394 e. The van der Waals surface area contributed by atoms with Crippen LogP contribution in [0.25, 0.3) is 5.57 Å². The summed E-state index contributed by atoms with van der Waals surface area (Å²) < 4.78 is 0. The number of primary amides is 1. The molecular formula is C37H49N9O9. The van der Waals surface area contributed by atoms with Gasteiger partial charge >= 0.3 is 0 Å². The number of amides is 7. The summed E-state index contributed by atoms with van der Waals surface area (Å²) in [5, 5.41) is 19.7. The molecule has 2 aromatic rings. The number of carbonyl (C=O) groups excluding carboxylic acids is 7. The molecule has 0 radical (unpaired) electrons. The zero-order chi connectivity index (χ0) is 40.7. The third-order valence-corrected chi connectivity index (χ3v) is 8.44. The van der Waals surface area contributed by atoms with Gasteiger partial charge in [0.05, 0.1) is 31.4 Å². The van der Waals surface area contributed by atoms with Gasteiger partial charge in [-0.2, -0.15) is 0 Å². The van der Waals surface area contributed by atoms with Gasteiger partial charge in [-0.05, 0) is 24.3 Å². The molecule has 9 N–H and O–H groups in total. The van der Waals surface area contributed by atoms with Crippen molar-refractivity contribution >= 4 is 46.9 Å². The number of hydroxylamine groups is 1. The van der Waals surface area contributed by atoms with Gasteiger partial charge in [-0.3, -0.25) is 38.4 Å². The van der Waals surface area contributed by atoms with E-state index < -0.39 is 78.4 Å². The smallest absolute Gasteiger partial charge is 0.248 e. The van der Waals surface area contributed by atoms with Gasteiger partial charge in [-0.15, -0.1) is 6.58 Å². The summed E-state index contributed by atoms with van der Waals surface area (Å²) in [6.45, 7) is 11.2. The van der Waals surface area contributed by atoms with Crippen molar-refractivity contribution in [3.63, 3.8) is 0 Å². The van der Waals surface area contributed by atoms with Crippen molar-refractivity contribution < 1.29 is 43.5 Å². The molecule has 3 rings (SSSR count). The third-order valence-electron chi connectivity index (χ3n) is 8.44. The topological polar surface area (TPSA) is 267 Å². The maximum Gasteiger partial charge on any atom is 0.248 e. The Morgan fingerprint density at radius 1 is 1.02 bits per heavy atom. The van der Waals surface area contributed by atoms with E-state index in [9.17, 15) is 38.7 Å². The first kappa shape index (κ1) is 43.3. The van der Waals surface area contributed by atoms with Crippen LogP contribution < -0.4 is 32.5 Å². The predicted molar refractivity (Wildman–Crippen MR) is 199 cm³/mol. The number of nitrogens with two attached hydrogens (primary N) is 1. The van der Waals surface area contributed by atoms with Crippen molar-refractivity contribution in [2.45, 2.75) is 76.3 Å². The second-order valence-electron chi connectivity index (χ2n) is 13.2. The first-order valence-corrected chi connectivity index (χ1v) is 17.5. The van der Waals surface area contributed by atoms with Gasteiger partial charge in [0, 0.05) is 18.9 Å². The maximum atomic E-state index is 13.9. The minimum absolute atomic E-state index is 0.0207. The van der Waals surface area contributed by atoms with Crippen LogP contribution in [0.2, 0.25) is 0 Å². The molecule has 0 saturated carbocycles. The molecule has 0 bridgehead atoms. The summed E-state index contributed by atoms with van der Waals surface area (Å²) in [4.78, 5) is 104. The van der Waals surface area contributed by atoms with Crippen molar-refractivity contribution in [1.82, 2.24) is 41.6 Å². The Kier molecular flexibility index (Phi) is 16.5. The van der Waals surface area contributed by atoms with Crippen molar-refractivity contribution in [2.24, 2.45) is 11.7 Å². The van der Waals surface area contributed by atoms with E-state index in [1.807, 2.05) is 44.2 Å². The molecule has 55 heavy (non-hydrogen) atoms. The van der Waals surface area contributed by atoms with E-state index in [0.29, 0.717) is 6.42 Å². The number of nitrogens with zero attached hydrogens (tertiary/aromatic N) is 2.